The number of hydrogen-bond donors (Lipinski definition) is 2. The van der Waals surface area contributed by atoms with Crippen LogP contribution in [-0.2, 0) is 11.3 Å². The van der Waals surface area contributed by atoms with Gasteiger partial charge in [-0.05, 0) is 27.2 Å². The highest BCUT2D eigenvalue weighted by Crippen LogP contribution is 2.17. The Labute approximate surface area is 111 Å². The molecule has 0 bridgehead atoms. The molecule has 19 heavy (non-hydrogen) atoms. The monoisotopic (exact) mass is 269 g/mol. The van der Waals surface area contributed by atoms with Crippen LogP contribution in [0.25, 0.3) is 0 Å². The highest BCUT2D eigenvalue weighted by atomic mass is 16.6. The van der Waals surface area contributed by atoms with E-state index in [1.807, 2.05) is 6.92 Å². The summed E-state index contributed by atoms with van der Waals surface area (Å²) in [4.78, 5) is 22.8. The first-order valence-corrected chi connectivity index (χ1v) is 6.03. The Morgan fingerprint density at radius 2 is 2.11 bits per heavy atom. The summed E-state index contributed by atoms with van der Waals surface area (Å²) in [5.41, 5.74) is -0.706. The van der Waals surface area contributed by atoms with Gasteiger partial charge >= 0.3 is 12.1 Å². The summed E-state index contributed by atoms with van der Waals surface area (Å²) in [6.07, 6.45) is 1.28. The first kappa shape index (κ1) is 15.0. The fourth-order valence-electron chi connectivity index (χ4n) is 1.46. The van der Waals surface area contributed by atoms with Crippen molar-refractivity contribution < 1.29 is 19.4 Å². The molecule has 0 aliphatic heterocycles. The minimum Gasteiger partial charge on any atom is -0.477 e. The maximum atomic E-state index is 11.7. The van der Waals surface area contributed by atoms with Crippen LogP contribution in [0.3, 0.4) is 0 Å². The molecular formula is C12H19N3O4. The van der Waals surface area contributed by atoms with Crippen LogP contribution in [0.5, 0.6) is 0 Å². The second-order valence-electron chi connectivity index (χ2n) is 5.06. The molecule has 0 radical (unpaired) electrons. The lowest BCUT2D eigenvalue weighted by Gasteiger charge is -2.20. The van der Waals surface area contributed by atoms with E-state index in [1.54, 1.807) is 20.8 Å². The molecule has 2 N–H and O–H groups in total. The van der Waals surface area contributed by atoms with Gasteiger partial charge in [-0.25, -0.2) is 14.3 Å². The van der Waals surface area contributed by atoms with Crippen LogP contribution >= 0.6 is 0 Å². The number of amides is 1. The number of nitrogens with one attached hydrogen (secondary N) is 1. The molecule has 1 aromatic heterocycles. The van der Waals surface area contributed by atoms with Crippen LogP contribution in [0.1, 0.15) is 44.5 Å². The Morgan fingerprint density at radius 1 is 1.47 bits per heavy atom. The quantitative estimate of drug-likeness (QED) is 0.875. The van der Waals surface area contributed by atoms with E-state index in [2.05, 4.69) is 10.4 Å². The topological polar surface area (TPSA) is 93.5 Å². The summed E-state index contributed by atoms with van der Waals surface area (Å²) in [5.74, 6) is -1.00. The maximum Gasteiger partial charge on any atom is 0.413 e. The fraction of sp³-hybridized carbons (Fsp3) is 0.583. The minimum atomic E-state index is -1.14. The maximum absolute atomic E-state index is 11.7. The van der Waals surface area contributed by atoms with Crippen LogP contribution in [0, 0.1) is 0 Å². The van der Waals surface area contributed by atoms with Gasteiger partial charge in [0.05, 0.1) is 6.20 Å². The van der Waals surface area contributed by atoms with Crippen molar-refractivity contribution in [3.63, 3.8) is 0 Å². The number of carbonyl (C=O) groups is 2. The first-order chi connectivity index (χ1) is 8.74. The van der Waals surface area contributed by atoms with Crippen molar-refractivity contribution in [3.8, 4) is 0 Å². The van der Waals surface area contributed by atoms with Crippen molar-refractivity contribution in [1.29, 1.82) is 0 Å². The van der Waals surface area contributed by atoms with Crippen LogP contribution in [0.2, 0.25) is 0 Å². The number of carbonyl (C=O) groups excluding carboxylic acids is 1. The molecule has 1 amide bonds. The summed E-state index contributed by atoms with van der Waals surface area (Å²) >= 11 is 0. The predicted octanol–water partition coefficient (Wildman–Crippen LogP) is 2.34. The summed E-state index contributed by atoms with van der Waals surface area (Å²) in [6, 6.07) is 0. The molecule has 1 heterocycles. The Kier molecular flexibility index (Phi) is 4.52. The highest BCUT2D eigenvalue weighted by Gasteiger charge is 2.22. The van der Waals surface area contributed by atoms with E-state index in [4.69, 9.17) is 9.84 Å². The number of aryl methyl sites for hydroxylation is 1. The number of hydrogen-bond acceptors (Lipinski definition) is 4. The van der Waals surface area contributed by atoms with E-state index >= 15 is 0 Å². The van der Waals surface area contributed by atoms with Gasteiger partial charge in [-0.2, -0.15) is 5.10 Å². The van der Waals surface area contributed by atoms with Gasteiger partial charge < -0.3 is 9.84 Å². The highest BCUT2D eigenvalue weighted by molar-refractivity contribution is 5.97. The molecule has 7 heteroatoms. The minimum absolute atomic E-state index is 0.0562. The largest absolute Gasteiger partial charge is 0.477 e. The van der Waals surface area contributed by atoms with Crippen molar-refractivity contribution >= 4 is 17.9 Å². The number of aromatic carboxylic acids is 1. The predicted molar refractivity (Wildman–Crippen MR) is 69.3 cm³/mol. The van der Waals surface area contributed by atoms with Gasteiger partial charge in [0.2, 0.25) is 0 Å². The normalized spacial score (nSPS) is 11.2. The molecule has 0 saturated heterocycles. The molecule has 0 fully saturated rings. The lowest BCUT2D eigenvalue weighted by Crippen LogP contribution is -2.28. The van der Waals surface area contributed by atoms with Crippen LogP contribution < -0.4 is 5.32 Å². The number of nitrogens with zero attached hydrogens (tertiary/aromatic N) is 2. The zero-order valence-electron chi connectivity index (χ0n) is 11.6. The number of rotatable bonds is 4. The first-order valence-electron chi connectivity index (χ1n) is 6.03. The van der Waals surface area contributed by atoms with E-state index in [9.17, 15) is 9.59 Å². The van der Waals surface area contributed by atoms with Gasteiger partial charge in [-0.1, -0.05) is 6.92 Å². The fourth-order valence-corrected chi connectivity index (χ4v) is 1.46. The zero-order valence-corrected chi connectivity index (χ0v) is 11.6. The lowest BCUT2D eigenvalue weighted by atomic mass is 10.2. The van der Waals surface area contributed by atoms with Gasteiger partial charge in [-0.3, -0.25) is 5.32 Å². The average Bonchev–Trinajstić information content (AvgIpc) is 2.59. The van der Waals surface area contributed by atoms with E-state index in [0.717, 1.165) is 6.42 Å². The number of carboxylic acids is 1. The SMILES string of the molecule is CCCn1ncc(C(=O)O)c1NC(=O)OC(C)(C)C. The van der Waals surface area contributed by atoms with Gasteiger partial charge in [0, 0.05) is 6.54 Å². The third kappa shape index (κ3) is 4.27. The van der Waals surface area contributed by atoms with E-state index in [0.29, 0.717) is 6.54 Å². The standard InChI is InChI=1S/C12H19N3O4/c1-5-6-15-9(8(7-13-15)10(16)17)14-11(18)19-12(2,3)4/h7H,5-6H2,1-4H3,(H,14,18)(H,16,17). The van der Waals surface area contributed by atoms with E-state index in [1.165, 1.54) is 10.9 Å². The zero-order chi connectivity index (χ0) is 14.6. The van der Waals surface area contributed by atoms with Crippen molar-refractivity contribution in [2.75, 3.05) is 5.32 Å². The van der Waals surface area contributed by atoms with Gasteiger partial charge in [0.15, 0.2) is 0 Å². The summed E-state index contributed by atoms with van der Waals surface area (Å²) < 4.78 is 6.53. The Morgan fingerprint density at radius 3 is 2.58 bits per heavy atom. The van der Waals surface area contributed by atoms with Crippen molar-refractivity contribution in [2.24, 2.45) is 0 Å². The lowest BCUT2D eigenvalue weighted by molar-refractivity contribution is 0.0634. The molecular weight excluding hydrogens is 250 g/mol. The Bertz CT molecular complexity index is 474. The van der Waals surface area contributed by atoms with Crippen LogP contribution in [0.4, 0.5) is 10.6 Å². The van der Waals surface area contributed by atoms with Crippen molar-refractivity contribution in [3.05, 3.63) is 11.8 Å². The van der Waals surface area contributed by atoms with Gasteiger partial charge in [-0.15, -0.1) is 0 Å². The molecule has 0 atom stereocenters. The molecule has 1 aromatic rings. The van der Waals surface area contributed by atoms with Crippen molar-refractivity contribution in [1.82, 2.24) is 9.78 Å². The van der Waals surface area contributed by atoms with E-state index < -0.39 is 17.7 Å². The number of aromatic nitrogens is 2. The molecule has 7 nitrogen and oxygen atoms in total. The summed E-state index contributed by atoms with van der Waals surface area (Å²) in [5, 5.41) is 15.4. The summed E-state index contributed by atoms with van der Waals surface area (Å²) in [6.45, 7) is 7.63. The Hall–Kier alpha value is -2.05. The molecule has 0 aliphatic carbocycles. The second-order valence-corrected chi connectivity index (χ2v) is 5.06. The third-order valence-electron chi connectivity index (χ3n) is 2.12. The average molecular weight is 269 g/mol. The Balaban J connectivity index is 2.94. The molecule has 0 unspecified atom stereocenters. The second kappa shape index (κ2) is 5.73. The van der Waals surface area contributed by atoms with E-state index in [-0.39, 0.29) is 11.4 Å². The third-order valence-corrected chi connectivity index (χ3v) is 2.12. The molecule has 106 valence electrons. The number of carboxylic acid groups (broad SMARTS) is 1. The smallest absolute Gasteiger partial charge is 0.413 e. The number of ether oxygens (including phenoxy) is 1. The van der Waals surface area contributed by atoms with Crippen LogP contribution in [-0.4, -0.2) is 32.6 Å². The molecule has 0 aromatic carbocycles. The van der Waals surface area contributed by atoms with Crippen LogP contribution in [0.15, 0.2) is 6.20 Å². The van der Waals surface area contributed by atoms with Crippen molar-refractivity contribution in [2.45, 2.75) is 46.3 Å². The van der Waals surface area contributed by atoms with Gasteiger partial charge in [0.1, 0.15) is 17.0 Å². The molecule has 0 spiro atoms. The summed E-state index contributed by atoms with van der Waals surface area (Å²) in [7, 11) is 0. The molecule has 0 aliphatic rings. The number of anilines is 1. The van der Waals surface area contributed by atoms with Gasteiger partial charge in [0.25, 0.3) is 0 Å². The molecule has 1 rings (SSSR count). The molecule has 0 saturated carbocycles.